The highest BCUT2D eigenvalue weighted by molar-refractivity contribution is 6.19. The first kappa shape index (κ1) is 25.5. The molecular formula is C26H28F3N3O4. The quantitative estimate of drug-likeness (QED) is 0.607. The van der Waals surface area contributed by atoms with Gasteiger partial charge in [0.05, 0.1) is 24.4 Å². The number of imide groups is 1. The number of likely N-dealkylation sites (tertiary alicyclic amines) is 1. The minimum Gasteiger partial charge on any atom is -0.497 e. The van der Waals surface area contributed by atoms with Crippen molar-refractivity contribution in [3.63, 3.8) is 0 Å². The summed E-state index contributed by atoms with van der Waals surface area (Å²) in [4.78, 5) is 44.3. The van der Waals surface area contributed by atoms with Gasteiger partial charge in [0.2, 0.25) is 5.91 Å². The second-order valence-corrected chi connectivity index (χ2v) is 10.0. The summed E-state index contributed by atoms with van der Waals surface area (Å²) < 4.78 is 45.4. The summed E-state index contributed by atoms with van der Waals surface area (Å²) in [5.41, 5.74) is -1.19. The first-order valence-corrected chi connectivity index (χ1v) is 11.6. The predicted octanol–water partition coefficient (Wildman–Crippen LogP) is 4.70. The normalized spacial score (nSPS) is 20.6. The zero-order valence-electron chi connectivity index (χ0n) is 20.5. The van der Waals surface area contributed by atoms with Crippen LogP contribution >= 0.6 is 0 Å². The van der Waals surface area contributed by atoms with Gasteiger partial charge in [-0.2, -0.15) is 13.2 Å². The van der Waals surface area contributed by atoms with Crippen molar-refractivity contribution in [3.05, 3.63) is 59.7 Å². The van der Waals surface area contributed by atoms with Crippen LogP contribution in [0.3, 0.4) is 0 Å². The maximum atomic E-state index is 13.7. The molecule has 2 aliphatic heterocycles. The summed E-state index contributed by atoms with van der Waals surface area (Å²) in [6.45, 7) is 5.59. The molecule has 4 rings (SSSR count). The van der Waals surface area contributed by atoms with Crippen molar-refractivity contribution < 1.29 is 32.3 Å². The molecule has 0 saturated carbocycles. The molecule has 0 bridgehead atoms. The molecular weight excluding hydrogens is 475 g/mol. The molecule has 0 N–H and O–H groups in total. The van der Waals surface area contributed by atoms with E-state index in [0.717, 1.165) is 28.7 Å². The summed E-state index contributed by atoms with van der Waals surface area (Å²) in [5.74, 6) is -0.332. The molecule has 0 aliphatic carbocycles. The van der Waals surface area contributed by atoms with Crippen molar-refractivity contribution in [2.45, 2.75) is 52.0 Å². The van der Waals surface area contributed by atoms with E-state index in [9.17, 15) is 27.6 Å². The van der Waals surface area contributed by atoms with Crippen molar-refractivity contribution in [3.8, 4) is 5.75 Å². The van der Waals surface area contributed by atoms with Gasteiger partial charge in [-0.15, -0.1) is 0 Å². The standard InChI is InChI=1S/C26H28F3N3O4/c1-25(2,3)23(34)30-13-12-20-21(30)22(33)32(18-7-5-6-17(14-18)26(27,28)29)24(35)31(20)15-16-8-10-19(36-4)11-9-16/h5-11,14,20-21H,12-13,15H2,1-4H3. The third-order valence-electron chi connectivity index (χ3n) is 6.52. The fraction of sp³-hybridized carbons (Fsp3) is 0.423. The van der Waals surface area contributed by atoms with Crippen molar-refractivity contribution in [1.29, 1.82) is 0 Å². The minimum atomic E-state index is -4.65. The van der Waals surface area contributed by atoms with Crippen molar-refractivity contribution in [2.75, 3.05) is 18.6 Å². The molecule has 2 unspecified atom stereocenters. The smallest absolute Gasteiger partial charge is 0.416 e. The molecule has 192 valence electrons. The van der Waals surface area contributed by atoms with Crippen LogP contribution in [0.1, 0.15) is 38.3 Å². The zero-order chi connectivity index (χ0) is 26.4. The monoisotopic (exact) mass is 503 g/mol. The molecule has 2 aromatic rings. The number of hydrogen-bond donors (Lipinski definition) is 0. The average molecular weight is 504 g/mol. The van der Waals surface area contributed by atoms with E-state index in [1.54, 1.807) is 45.0 Å². The van der Waals surface area contributed by atoms with Crippen LogP contribution in [0, 0.1) is 5.41 Å². The Kier molecular flexibility index (Phi) is 6.49. The predicted molar refractivity (Wildman–Crippen MR) is 126 cm³/mol. The number of methoxy groups -OCH3 is 1. The first-order chi connectivity index (χ1) is 16.8. The van der Waals surface area contributed by atoms with Gasteiger partial charge >= 0.3 is 12.2 Å². The van der Waals surface area contributed by atoms with Gasteiger partial charge in [0, 0.05) is 18.5 Å². The van der Waals surface area contributed by atoms with Crippen molar-refractivity contribution >= 4 is 23.5 Å². The summed E-state index contributed by atoms with van der Waals surface area (Å²) in [5, 5.41) is 0. The SMILES string of the molecule is COc1ccc(CN2C(=O)N(c3cccc(C(F)(F)F)c3)C(=O)C3C2CCN3C(=O)C(C)(C)C)cc1. The molecule has 36 heavy (non-hydrogen) atoms. The Morgan fingerprint density at radius 2 is 1.72 bits per heavy atom. The number of alkyl halides is 3. The lowest BCUT2D eigenvalue weighted by atomic mass is 9.93. The van der Waals surface area contributed by atoms with Crippen molar-refractivity contribution in [2.24, 2.45) is 5.41 Å². The Morgan fingerprint density at radius 3 is 2.31 bits per heavy atom. The largest absolute Gasteiger partial charge is 0.497 e. The second-order valence-electron chi connectivity index (χ2n) is 10.0. The highest BCUT2D eigenvalue weighted by atomic mass is 19.4. The number of hydrogen-bond acceptors (Lipinski definition) is 4. The van der Waals surface area contributed by atoms with E-state index in [2.05, 4.69) is 0 Å². The Balaban J connectivity index is 1.77. The number of ether oxygens (including phenoxy) is 1. The van der Waals surface area contributed by atoms with Gasteiger partial charge in [0.1, 0.15) is 11.8 Å². The highest BCUT2D eigenvalue weighted by Crippen LogP contribution is 2.38. The average Bonchev–Trinajstić information content (AvgIpc) is 3.26. The van der Waals surface area contributed by atoms with Crippen LogP contribution in [0.4, 0.5) is 23.7 Å². The number of halogens is 3. The van der Waals surface area contributed by atoms with Gasteiger partial charge in [-0.25, -0.2) is 9.69 Å². The van der Waals surface area contributed by atoms with Gasteiger partial charge < -0.3 is 14.5 Å². The van der Waals surface area contributed by atoms with Crippen LogP contribution in [0.25, 0.3) is 0 Å². The zero-order valence-corrected chi connectivity index (χ0v) is 20.5. The lowest BCUT2D eigenvalue weighted by molar-refractivity contribution is -0.145. The molecule has 0 aromatic heterocycles. The molecule has 7 nitrogen and oxygen atoms in total. The summed E-state index contributed by atoms with van der Waals surface area (Å²) in [7, 11) is 1.53. The number of benzene rings is 2. The number of carbonyl (C=O) groups is 3. The van der Waals surface area contributed by atoms with Gasteiger partial charge in [0.25, 0.3) is 5.91 Å². The van der Waals surface area contributed by atoms with E-state index in [4.69, 9.17) is 4.74 Å². The Morgan fingerprint density at radius 1 is 1.06 bits per heavy atom. The summed E-state index contributed by atoms with van der Waals surface area (Å²) >= 11 is 0. The molecule has 0 radical (unpaired) electrons. The topological polar surface area (TPSA) is 70.2 Å². The highest BCUT2D eigenvalue weighted by Gasteiger charge is 2.54. The van der Waals surface area contributed by atoms with Gasteiger partial charge in [-0.1, -0.05) is 39.0 Å². The van der Waals surface area contributed by atoms with E-state index in [0.29, 0.717) is 12.2 Å². The number of urea groups is 1. The molecule has 2 saturated heterocycles. The van der Waals surface area contributed by atoms with Crippen molar-refractivity contribution in [1.82, 2.24) is 9.80 Å². The fourth-order valence-electron chi connectivity index (χ4n) is 4.73. The van der Waals surface area contributed by atoms with Crippen LogP contribution in [-0.2, 0) is 22.3 Å². The van der Waals surface area contributed by atoms with E-state index >= 15 is 0 Å². The Labute approximate surface area is 207 Å². The molecule has 0 spiro atoms. The molecule has 4 amide bonds. The molecule has 2 heterocycles. The number of anilines is 1. The molecule has 10 heteroatoms. The maximum absolute atomic E-state index is 13.7. The van der Waals surface area contributed by atoms with Gasteiger partial charge in [-0.05, 0) is 42.3 Å². The molecule has 2 fully saturated rings. The number of nitrogens with zero attached hydrogens (tertiary/aromatic N) is 3. The second kappa shape index (κ2) is 9.15. The third-order valence-corrected chi connectivity index (χ3v) is 6.52. The van der Waals surface area contributed by atoms with E-state index in [-0.39, 0.29) is 24.7 Å². The minimum absolute atomic E-state index is 0.115. The van der Waals surface area contributed by atoms with E-state index in [1.807, 2.05) is 0 Å². The van der Waals surface area contributed by atoms with Crippen LogP contribution in [0.2, 0.25) is 0 Å². The number of carbonyl (C=O) groups excluding carboxylic acids is 3. The first-order valence-electron chi connectivity index (χ1n) is 11.6. The Hall–Kier alpha value is -3.56. The number of fused-ring (bicyclic) bond motifs is 1. The fourth-order valence-corrected chi connectivity index (χ4v) is 4.73. The van der Waals surface area contributed by atoms with E-state index in [1.165, 1.54) is 23.0 Å². The van der Waals surface area contributed by atoms with Gasteiger partial charge in [0.15, 0.2) is 0 Å². The van der Waals surface area contributed by atoms with Gasteiger partial charge in [-0.3, -0.25) is 9.59 Å². The third kappa shape index (κ3) is 4.64. The Bertz CT molecular complexity index is 1170. The van der Waals surface area contributed by atoms with E-state index < -0.39 is 41.2 Å². The molecule has 2 aromatic carbocycles. The van der Waals surface area contributed by atoms with Crippen LogP contribution in [-0.4, -0.2) is 53.4 Å². The van der Waals surface area contributed by atoms with Crippen LogP contribution < -0.4 is 9.64 Å². The summed E-state index contributed by atoms with van der Waals surface area (Å²) in [6.07, 6.45) is -4.26. The number of amides is 4. The molecule has 2 atom stereocenters. The van der Waals surface area contributed by atoms with Crippen LogP contribution in [0.15, 0.2) is 48.5 Å². The van der Waals surface area contributed by atoms with Crippen LogP contribution in [0.5, 0.6) is 5.75 Å². The maximum Gasteiger partial charge on any atom is 0.416 e. The lowest BCUT2D eigenvalue weighted by Gasteiger charge is -2.44. The molecule has 2 aliphatic rings. The summed E-state index contributed by atoms with van der Waals surface area (Å²) in [6, 6.07) is 8.83. The lowest BCUT2D eigenvalue weighted by Crippen LogP contribution is -2.66. The number of rotatable bonds is 4.